The van der Waals surface area contributed by atoms with E-state index in [2.05, 4.69) is 0 Å². The van der Waals surface area contributed by atoms with Gasteiger partial charge in [0.25, 0.3) is 0 Å². The number of ether oxygens (including phenoxy) is 2. The number of carbonyl (C=O) groups excluding carboxylic acids is 2. The van der Waals surface area contributed by atoms with Gasteiger partial charge in [-0.2, -0.15) is 0 Å². The Bertz CT molecular complexity index is 867. The van der Waals surface area contributed by atoms with E-state index in [4.69, 9.17) is 13.9 Å². The Kier molecular flexibility index (Phi) is 9.43. The molecule has 8 heteroatoms. The molecule has 3 amide bonds. The Morgan fingerprint density at radius 1 is 1.09 bits per heavy atom. The summed E-state index contributed by atoms with van der Waals surface area (Å²) in [6.45, 7) is 4.78. The summed E-state index contributed by atoms with van der Waals surface area (Å²) in [5, 5.41) is 0. The van der Waals surface area contributed by atoms with Gasteiger partial charge in [-0.3, -0.25) is 4.79 Å². The second-order valence-corrected chi connectivity index (χ2v) is 7.90. The molecule has 8 nitrogen and oxygen atoms in total. The van der Waals surface area contributed by atoms with Crippen LogP contribution in [0, 0.1) is 0 Å². The van der Waals surface area contributed by atoms with Gasteiger partial charge in [0.2, 0.25) is 5.91 Å². The van der Waals surface area contributed by atoms with Crippen LogP contribution in [-0.2, 0) is 17.8 Å². The van der Waals surface area contributed by atoms with Crippen LogP contribution in [0.25, 0.3) is 0 Å². The van der Waals surface area contributed by atoms with Crippen LogP contribution in [0.1, 0.15) is 31.6 Å². The molecule has 0 saturated carbocycles. The Hall–Kier alpha value is -3.16. The van der Waals surface area contributed by atoms with Crippen LogP contribution in [0.5, 0.6) is 11.5 Å². The summed E-state index contributed by atoms with van der Waals surface area (Å²) < 4.78 is 16.2. The van der Waals surface area contributed by atoms with Gasteiger partial charge in [-0.05, 0) is 49.6 Å². The lowest BCUT2D eigenvalue weighted by atomic mass is 10.1. The zero-order chi connectivity index (χ0) is 23.7. The van der Waals surface area contributed by atoms with E-state index in [0.29, 0.717) is 36.8 Å². The minimum Gasteiger partial charge on any atom is -0.493 e. The van der Waals surface area contributed by atoms with Crippen molar-refractivity contribution in [2.45, 2.75) is 39.3 Å². The fraction of sp³-hybridized carbons (Fsp3) is 0.500. The zero-order valence-corrected chi connectivity index (χ0v) is 20.0. The standard InChI is InChI=1S/C24H35N3O5/c1-7-18(2)27(24(29)25(3)4)17-23(28)26(16-20-9-8-14-32-20)13-12-19-10-11-21(30-5)22(15-19)31-6/h8-11,14-15,18H,7,12-13,16-17H2,1-6H3. The highest BCUT2D eigenvalue weighted by molar-refractivity contribution is 5.84. The monoisotopic (exact) mass is 445 g/mol. The van der Waals surface area contributed by atoms with Crippen molar-refractivity contribution in [2.24, 2.45) is 0 Å². The lowest BCUT2D eigenvalue weighted by Crippen LogP contribution is -2.50. The molecule has 1 aromatic heterocycles. The molecule has 32 heavy (non-hydrogen) atoms. The molecule has 0 spiro atoms. The molecule has 0 aliphatic carbocycles. The van der Waals surface area contributed by atoms with Gasteiger partial charge in [-0.25, -0.2) is 4.79 Å². The molecule has 1 aromatic carbocycles. The number of hydrogen-bond acceptors (Lipinski definition) is 5. The van der Waals surface area contributed by atoms with E-state index in [1.165, 1.54) is 4.90 Å². The Morgan fingerprint density at radius 2 is 1.81 bits per heavy atom. The summed E-state index contributed by atoms with van der Waals surface area (Å²) in [5.74, 6) is 1.87. The molecule has 0 radical (unpaired) electrons. The minimum atomic E-state index is -0.175. The number of nitrogens with zero attached hydrogens (tertiary/aromatic N) is 3. The smallest absolute Gasteiger partial charge is 0.320 e. The Balaban J connectivity index is 2.18. The number of methoxy groups -OCH3 is 2. The van der Waals surface area contributed by atoms with Crippen LogP contribution < -0.4 is 9.47 Å². The molecule has 0 aliphatic rings. The van der Waals surface area contributed by atoms with Gasteiger partial charge in [-0.15, -0.1) is 0 Å². The van der Waals surface area contributed by atoms with Crippen LogP contribution in [-0.4, -0.2) is 74.1 Å². The van der Waals surface area contributed by atoms with Crippen molar-refractivity contribution < 1.29 is 23.5 Å². The first kappa shape index (κ1) is 25.1. The average molecular weight is 446 g/mol. The predicted molar refractivity (Wildman–Crippen MR) is 123 cm³/mol. The normalized spacial score (nSPS) is 11.6. The predicted octanol–water partition coefficient (Wildman–Crippen LogP) is 3.65. The quantitative estimate of drug-likeness (QED) is 0.528. The molecule has 0 aliphatic heterocycles. The summed E-state index contributed by atoms with van der Waals surface area (Å²) in [6.07, 6.45) is 2.97. The third-order valence-electron chi connectivity index (χ3n) is 5.45. The molecule has 1 atom stereocenters. The van der Waals surface area contributed by atoms with Crippen molar-refractivity contribution in [2.75, 3.05) is 41.4 Å². The molecule has 2 aromatic rings. The van der Waals surface area contributed by atoms with Crippen molar-refractivity contribution in [1.29, 1.82) is 0 Å². The van der Waals surface area contributed by atoms with Gasteiger partial charge < -0.3 is 28.6 Å². The SMILES string of the molecule is CCC(C)N(CC(=O)N(CCc1ccc(OC)c(OC)c1)Cc1ccco1)C(=O)N(C)C. The van der Waals surface area contributed by atoms with Gasteiger partial charge >= 0.3 is 6.03 Å². The molecule has 1 heterocycles. The highest BCUT2D eigenvalue weighted by Crippen LogP contribution is 2.27. The summed E-state index contributed by atoms with van der Waals surface area (Å²) in [4.78, 5) is 30.8. The summed E-state index contributed by atoms with van der Waals surface area (Å²) in [5.41, 5.74) is 1.02. The second kappa shape index (κ2) is 12.0. The van der Waals surface area contributed by atoms with Crippen LogP contribution in [0.15, 0.2) is 41.0 Å². The summed E-state index contributed by atoms with van der Waals surface area (Å²) in [6, 6.07) is 9.14. The maximum absolute atomic E-state index is 13.3. The number of furan rings is 1. The number of benzene rings is 1. The first-order chi connectivity index (χ1) is 15.3. The molecule has 2 rings (SSSR count). The molecular weight excluding hydrogens is 410 g/mol. The third-order valence-corrected chi connectivity index (χ3v) is 5.45. The minimum absolute atomic E-state index is 0.0126. The van der Waals surface area contributed by atoms with Crippen molar-refractivity contribution in [1.82, 2.24) is 14.7 Å². The fourth-order valence-electron chi connectivity index (χ4n) is 3.32. The van der Waals surface area contributed by atoms with Gasteiger partial charge in [0, 0.05) is 26.7 Å². The van der Waals surface area contributed by atoms with Gasteiger partial charge in [0.05, 0.1) is 27.0 Å². The van der Waals surface area contributed by atoms with E-state index in [1.807, 2.05) is 38.1 Å². The molecule has 1 unspecified atom stereocenters. The van der Waals surface area contributed by atoms with Crippen molar-refractivity contribution >= 4 is 11.9 Å². The van der Waals surface area contributed by atoms with E-state index in [0.717, 1.165) is 12.0 Å². The molecule has 0 bridgehead atoms. The second-order valence-electron chi connectivity index (χ2n) is 7.90. The van der Waals surface area contributed by atoms with Gasteiger partial charge in [-0.1, -0.05) is 13.0 Å². The fourth-order valence-corrected chi connectivity index (χ4v) is 3.32. The van der Waals surface area contributed by atoms with E-state index in [-0.39, 0.29) is 24.5 Å². The van der Waals surface area contributed by atoms with Gasteiger partial charge in [0.15, 0.2) is 11.5 Å². The van der Waals surface area contributed by atoms with Crippen LogP contribution in [0.2, 0.25) is 0 Å². The highest BCUT2D eigenvalue weighted by atomic mass is 16.5. The maximum Gasteiger partial charge on any atom is 0.320 e. The Labute approximate surface area is 190 Å². The first-order valence-corrected chi connectivity index (χ1v) is 10.8. The van der Waals surface area contributed by atoms with Gasteiger partial charge in [0.1, 0.15) is 12.3 Å². The third kappa shape index (κ3) is 6.67. The molecule has 0 saturated heterocycles. The Morgan fingerprint density at radius 3 is 2.38 bits per heavy atom. The molecular formula is C24H35N3O5. The number of amides is 3. The molecule has 0 fully saturated rings. The molecule has 0 N–H and O–H groups in total. The number of carbonyl (C=O) groups is 2. The van der Waals surface area contributed by atoms with Crippen molar-refractivity contribution in [3.63, 3.8) is 0 Å². The van der Waals surface area contributed by atoms with E-state index < -0.39 is 0 Å². The lowest BCUT2D eigenvalue weighted by Gasteiger charge is -2.32. The van der Waals surface area contributed by atoms with E-state index >= 15 is 0 Å². The topological polar surface area (TPSA) is 75.5 Å². The number of urea groups is 1. The lowest BCUT2D eigenvalue weighted by molar-refractivity contribution is -0.133. The van der Waals surface area contributed by atoms with E-state index in [9.17, 15) is 9.59 Å². The maximum atomic E-state index is 13.3. The van der Waals surface area contributed by atoms with Crippen molar-refractivity contribution in [3.05, 3.63) is 47.9 Å². The first-order valence-electron chi connectivity index (χ1n) is 10.8. The summed E-state index contributed by atoms with van der Waals surface area (Å²) in [7, 11) is 6.58. The largest absolute Gasteiger partial charge is 0.493 e. The number of rotatable bonds is 11. The number of hydrogen-bond donors (Lipinski definition) is 0. The highest BCUT2D eigenvalue weighted by Gasteiger charge is 2.26. The average Bonchev–Trinajstić information content (AvgIpc) is 3.31. The zero-order valence-electron chi connectivity index (χ0n) is 20.0. The van der Waals surface area contributed by atoms with Crippen LogP contribution >= 0.6 is 0 Å². The molecule has 176 valence electrons. The van der Waals surface area contributed by atoms with Crippen LogP contribution in [0.3, 0.4) is 0 Å². The summed E-state index contributed by atoms with van der Waals surface area (Å²) >= 11 is 0. The van der Waals surface area contributed by atoms with E-state index in [1.54, 1.807) is 50.4 Å². The van der Waals surface area contributed by atoms with Crippen molar-refractivity contribution in [3.8, 4) is 11.5 Å². The van der Waals surface area contributed by atoms with Crippen LogP contribution in [0.4, 0.5) is 4.79 Å².